The first kappa shape index (κ1) is 13.1. The maximum absolute atomic E-state index is 12.0. The van der Waals surface area contributed by atoms with Gasteiger partial charge in [0, 0.05) is 30.6 Å². The third-order valence-corrected chi connectivity index (χ3v) is 3.03. The highest BCUT2D eigenvalue weighted by Crippen LogP contribution is 2.26. The third kappa shape index (κ3) is 2.19. The fourth-order valence-electron chi connectivity index (χ4n) is 2.10. The molecule has 0 spiro atoms. The molecule has 1 heterocycles. The van der Waals surface area contributed by atoms with Gasteiger partial charge in [-0.15, -0.1) is 0 Å². The number of fused-ring (bicyclic) bond motifs is 1. The van der Waals surface area contributed by atoms with Gasteiger partial charge >= 0.3 is 5.63 Å². The normalized spacial score (nSPS) is 10.7. The molecule has 0 saturated heterocycles. The predicted octanol–water partition coefficient (Wildman–Crippen LogP) is 1.87. The van der Waals surface area contributed by atoms with Gasteiger partial charge in [0.25, 0.3) is 0 Å². The van der Waals surface area contributed by atoms with Gasteiger partial charge in [0.15, 0.2) is 0 Å². The second kappa shape index (κ2) is 4.76. The van der Waals surface area contributed by atoms with Crippen molar-refractivity contribution >= 4 is 28.3 Å². The predicted molar refractivity (Wildman–Crippen MR) is 75.0 cm³/mol. The summed E-state index contributed by atoms with van der Waals surface area (Å²) in [6.45, 7) is 6.99. The van der Waals surface area contributed by atoms with E-state index in [0.717, 1.165) is 5.39 Å². The quantitative estimate of drug-likeness (QED) is 0.659. The fourth-order valence-corrected chi connectivity index (χ4v) is 2.10. The number of carbonyl (C=O) groups excluding carboxylic acids is 1. The molecule has 5 nitrogen and oxygen atoms in total. The highest BCUT2D eigenvalue weighted by atomic mass is 16.4. The van der Waals surface area contributed by atoms with Crippen molar-refractivity contribution in [1.82, 2.24) is 0 Å². The summed E-state index contributed by atoms with van der Waals surface area (Å²) < 4.78 is 5.23. The molecular weight excluding hydrogens is 244 g/mol. The highest BCUT2D eigenvalue weighted by molar-refractivity contribution is 5.96. The van der Waals surface area contributed by atoms with E-state index < -0.39 is 5.63 Å². The Morgan fingerprint density at radius 1 is 1.47 bits per heavy atom. The van der Waals surface area contributed by atoms with Crippen LogP contribution >= 0.6 is 0 Å². The zero-order valence-electron chi connectivity index (χ0n) is 10.9. The van der Waals surface area contributed by atoms with Gasteiger partial charge in [0.1, 0.15) is 11.3 Å². The molecule has 0 fully saturated rings. The Hall–Kier alpha value is -2.30. The SMILES string of the molecule is [CH2]CN(C(C)=O)c1c(C)c2ccc(N)cc2oc1=O. The Morgan fingerprint density at radius 3 is 2.74 bits per heavy atom. The minimum absolute atomic E-state index is 0.168. The number of hydrogen-bond acceptors (Lipinski definition) is 4. The lowest BCUT2D eigenvalue weighted by atomic mass is 10.1. The number of nitrogens with two attached hydrogens (primary N) is 1. The number of carbonyl (C=O) groups is 1. The summed E-state index contributed by atoms with van der Waals surface area (Å²) in [5.74, 6) is -0.250. The van der Waals surface area contributed by atoms with Crippen LogP contribution in [0.15, 0.2) is 27.4 Å². The third-order valence-electron chi connectivity index (χ3n) is 3.03. The standard InChI is InChI=1S/C14H15N2O3/c1-4-16(9(3)17)13-8(2)11-6-5-10(15)7-12(11)19-14(13)18/h5-7H,1,4,15H2,2-3H3. The molecule has 2 aromatic rings. The molecule has 0 saturated carbocycles. The number of hydrogen-bond donors (Lipinski definition) is 1. The van der Waals surface area contributed by atoms with Crippen LogP contribution in [0.1, 0.15) is 12.5 Å². The minimum Gasteiger partial charge on any atom is -0.421 e. The summed E-state index contributed by atoms with van der Waals surface area (Å²) >= 11 is 0. The zero-order valence-corrected chi connectivity index (χ0v) is 10.9. The van der Waals surface area contributed by atoms with Crippen molar-refractivity contribution < 1.29 is 9.21 Å². The molecule has 1 amide bonds. The number of rotatable bonds is 2. The average Bonchev–Trinajstić information content (AvgIpc) is 2.33. The lowest BCUT2D eigenvalue weighted by Gasteiger charge is -2.20. The molecule has 1 aromatic heterocycles. The van der Waals surface area contributed by atoms with E-state index in [0.29, 0.717) is 16.8 Å². The number of benzene rings is 1. The van der Waals surface area contributed by atoms with Gasteiger partial charge < -0.3 is 15.1 Å². The smallest absolute Gasteiger partial charge is 0.360 e. The van der Waals surface area contributed by atoms with Crippen molar-refractivity contribution in [2.45, 2.75) is 13.8 Å². The van der Waals surface area contributed by atoms with Crippen molar-refractivity contribution in [3.05, 3.63) is 41.1 Å². The molecule has 0 aliphatic rings. The Labute approximate surface area is 110 Å². The maximum atomic E-state index is 12.0. The molecule has 99 valence electrons. The lowest BCUT2D eigenvalue weighted by Crippen LogP contribution is -2.33. The van der Waals surface area contributed by atoms with Crippen LogP contribution in [0.2, 0.25) is 0 Å². The molecule has 2 N–H and O–H groups in total. The molecular formula is C14H15N2O3. The molecule has 19 heavy (non-hydrogen) atoms. The minimum atomic E-state index is -0.561. The van der Waals surface area contributed by atoms with Gasteiger partial charge in [0.05, 0.1) is 0 Å². The van der Waals surface area contributed by atoms with E-state index in [1.165, 1.54) is 11.8 Å². The number of aryl methyl sites for hydroxylation is 1. The van der Waals surface area contributed by atoms with Crippen LogP contribution in [-0.2, 0) is 4.79 Å². The molecule has 1 radical (unpaired) electrons. The Balaban J connectivity index is 2.79. The second-order valence-electron chi connectivity index (χ2n) is 4.29. The number of nitrogen functional groups attached to an aromatic ring is 1. The first-order valence-corrected chi connectivity index (χ1v) is 5.86. The van der Waals surface area contributed by atoms with E-state index >= 15 is 0 Å². The van der Waals surface area contributed by atoms with E-state index in [1.54, 1.807) is 25.1 Å². The Bertz CT molecular complexity index is 704. The average molecular weight is 259 g/mol. The zero-order chi connectivity index (χ0) is 14.2. The lowest BCUT2D eigenvalue weighted by molar-refractivity contribution is -0.116. The van der Waals surface area contributed by atoms with Crippen LogP contribution in [0.4, 0.5) is 11.4 Å². The monoisotopic (exact) mass is 259 g/mol. The van der Waals surface area contributed by atoms with Crippen LogP contribution in [0.25, 0.3) is 11.0 Å². The van der Waals surface area contributed by atoms with Gasteiger partial charge in [-0.1, -0.05) is 0 Å². The van der Waals surface area contributed by atoms with Crippen molar-refractivity contribution in [1.29, 1.82) is 0 Å². The van der Waals surface area contributed by atoms with Crippen molar-refractivity contribution in [2.24, 2.45) is 0 Å². The van der Waals surface area contributed by atoms with E-state index in [1.807, 2.05) is 0 Å². The summed E-state index contributed by atoms with van der Waals surface area (Å²) in [5.41, 5.74) is 6.95. The molecule has 0 unspecified atom stereocenters. The van der Waals surface area contributed by atoms with Crippen LogP contribution in [0, 0.1) is 13.8 Å². The van der Waals surface area contributed by atoms with Crippen LogP contribution < -0.4 is 16.3 Å². The summed E-state index contributed by atoms with van der Waals surface area (Å²) in [6, 6.07) is 5.09. The largest absolute Gasteiger partial charge is 0.421 e. The number of anilines is 2. The van der Waals surface area contributed by atoms with Gasteiger partial charge in [0.2, 0.25) is 5.91 Å². The van der Waals surface area contributed by atoms with Gasteiger partial charge in [-0.3, -0.25) is 4.79 Å². The van der Waals surface area contributed by atoms with E-state index in [-0.39, 0.29) is 18.1 Å². The maximum Gasteiger partial charge on any atom is 0.360 e. The van der Waals surface area contributed by atoms with Crippen LogP contribution in [0.3, 0.4) is 0 Å². The van der Waals surface area contributed by atoms with Gasteiger partial charge in [-0.2, -0.15) is 0 Å². The summed E-state index contributed by atoms with van der Waals surface area (Å²) in [4.78, 5) is 24.9. The van der Waals surface area contributed by atoms with E-state index in [9.17, 15) is 9.59 Å². The Kier molecular flexibility index (Phi) is 3.29. The van der Waals surface area contributed by atoms with Crippen molar-refractivity contribution in [2.75, 3.05) is 17.2 Å². The topological polar surface area (TPSA) is 76.5 Å². The van der Waals surface area contributed by atoms with Crippen molar-refractivity contribution in [3.8, 4) is 0 Å². The van der Waals surface area contributed by atoms with Gasteiger partial charge in [-0.05, 0) is 31.5 Å². The van der Waals surface area contributed by atoms with E-state index in [4.69, 9.17) is 10.2 Å². The summed E-state index contributed by atoms with van der Waals surface area (Å²) in [6.07, 6.45) is 0. The van der Waals surface area contributed by atoms with Gasteiger partial charge in [-0.25, -0.2) is 4.79 Å². The number of amides is 1. The summed E-state index contributed by atoms with van der Waals surface area (Å²) in [7, 11) is 0. The molecule has 0 atom stereocenters. The molecule has 0 aliphatic heterocycles. The second-order valence-corrected chi connectivity index (χ2v) is 4.29. The highest BCUT2D eigenvalue weighted by Gasteiger charge is 2.19. The van der Waals surface area contributed by atoms with Crippen LogP contribution in [-0.4, -0.2) is 12.5 Å². The van der Waals surface area contributed by atoms with Crippen LogP contribution in [0.5, 0.6) is 0 Å². The van der Waals surface area contributed by atoms with Crippen molar-refractivity contribution in [3.63, 3.8) is 0 Å². The molecule has 0 aliphatic carbocycles. The molecule has 5 heteroatoms. The molecule has 0 bridgehead atoms. The molecule has 1 aromatic carbocycles. The first-order valence-electron chi connectivity index (χ1n) is 5.86. The first-order chi connectivity index (χ1) is 8.95. The summed E-state index contributed by atoms with van der Waals surface area (Å²) in [5, 5.41) is 0.753. The fraction of sp³-hybridized carbons (Fsp3) is 0.214. The Morgan fingerprint density at radius 2 is 2.16 bits per heavy atom. The number of nitrogens with zero attached hydrogens (tertiary/aromatic N) is 1. The molecule has 2 rings (SSSR count). The van der Waals surface area contributed by atoms with E-state index in [2.05, 4.69) is 6.92 Å².